The summed E-state index contributed by atoms with van der Waals surface area (Å²) in [4.78, 5) is 12.4. The van der Waals surface area contributed by atoms with Gasteiger partial charge < -0.3 is 5.32 Å². The number of aromatic nitrogens is 4. The van der Waals surface area contributed by atoms with Gasteiger partial charge in [-0.15, -0.1) is 5.10 Å². The molecule has 2 aromatic carbocycles. The van der Waals surface area contributed by atoms with Crippen molar-refractivity contribution in [2.75, 3.05) is 0 Å². The predicted octanol–water partition coefficient (Wildman–Crippen LogP) is 2.85. The van der Waals surface area contributed by atoms with Crippen molar-refractivity contribution in [2.45, 2.75) is 26.4 Å². The number of amides is 1. The van der Waals surface area contributed by atoms with Crippen LogP contribution in [0.5, 0.6) is 0 Å². The van der Waals surface area contributed by atoms with Gasteiger partial charge in [0.1, 0.15) is 0 Å². The number of nitrogens with zero attached hydrogens (tertiary/aromatic N) is 4. The van der Waals surface area contributed by atoms with E-state index in [1.54, 1.807) is 10.7 Å². The maximum atomic E-state index is 12.4. The van der Waals surface area contributed by atoms with Gasteiger partial charge in [-0.3, -0.25) is 4.79 Å². The Kier molecular flexibility index (Phi) is 4.65. The summed E-state index contributed by atoms with van der Waals surface area (Å²) in [5.41, 5.74) is 2.47. The van der Waals surface area contributed by atoms with Crippen molar-refractivity contribution in [1.82, 2.24) is 25.5 Å². The third-order valence-corrected chi connectivity index (χ3v) is 3.66. The van der Waals surface area contributed by atoms with Crippen molar-refractivity contribution in [3.63, 3.8) is 0 Å². The lowest BCUT2D eigenvalue weighted by Crippen LogP contribution is -2.22. The number of hydrogen-bond acceptors (Lipinski definition) is 4. The average molecular weight is 321 g/mol. The van der Waals surface area contributed by atoms with Gasteiger partial charge in [-0.1, -0.05) is 42.5 Å². The molecule has 1 heterocycles. The highest BCUT2D eigenvalue weighted by molar-refractivity contribution is 5.95. The van der Waals surface area contributed by atoms with Crippen LogP contribution in [0.2, 0.25) is 0 Å². The Morgan fingerprint density at radius 1 is 1.12 bits per heavy atom. The molecule has 0 aliphatic heterocycles. The third kappa shape index (κ3) is 3.48. The molecule has 0 fully saturated rings. The maximum absolute atomic E-state index is 12.4. The van der Waals surface area contributed by atoms with Gasteiger partial charge in [0.05, 0.1) is 6.04 Å². The largest absolute Gasteiger partial charge is 0.348 e. The number of hydrogen-bond donors (Lipinski definition) is 1. The first kappa shape index (κ1) is 15.9. The van der Waals surface area contributed by atoms with Gasteiger partial charge in [0.2, 0.25) is 0 Å². The molecule has 122 valence electrons. The van der Waals surface area contributed by atoms with Crippen molar-refractivity contribution in [3.8, 4) is 11.4 Å². The molecule has 24 heavy (non-hydrogen) atoms. The van der Waals surface area contributed by atoms with E-state index in [-0.39, 0.29) is 11.9 Å². The van der Waals surface area contributed by atoms with Gasteiger partial charge in [-0.2, -0.15) is 0 Å². The number of nitrogens with one attached hydrogen (secondary N) is 1. The predicted molar refractivity (Wildman–Crippen MR) is 91.3 cm³/mol. The maximum Gasteiger partial charge on any atom is 0.251 e. The molecule has 0 saturated heterocycles. The molecular weight excluding hydrogens is 302 g/mol. The Labute approximate surface area is 140 Å². The van der Waals surface area contributed by atoms with Gasteiger partial charge in [0.25, 0.3) is 5.91 Å². The lowest BCUT2D eigenvalue weighted by atomic mass is 10.1. The Morgan fingerprint density at radius 3 is 2.67 bits per heavy atom. The van der Waals surface area contributed by atoms with Gasteiger partial charge >= 0.3 is 0 Å². The summed E-state index contributed by atoms with van der Waals surface area (Å²) < 4.78 is 1.74. The smallest absolute Gasteiger partial charge is 0.251 e. The molecule has 3 rings (SSSR count). The topological polar surface area (TPSA) is 72.7 Å². The van der Waals surface area contributed by atoms with Gasteiger partial charge in [0, 0.05) is 17.7 Å². The van der Waals surface area contributed by atoms with E-state index in [4.69, 9.17) is 0 Å². The summed E-state index contributed by atoms with van der Waals surface area (Å²) in [7, 11) is 0. The van der Waals surface area contributed by atoms with Crippen LogP contribution in [0, 0.1) is 0 Å². The normalized spacial score (nSPS) is 10.8. The van der Waals surface area contributed by atoms with Gasteiger partial charge in [0.15, 0.2) is 5.82 Å². The fourth-order valence-electron chi connectivity index (χ4n) is 2.41. The monoisotopic (exact) mass is 321 g/mol. The van der Waals surface area contributed by atoms with Crippen LogP contribution in [0.3, 0.4) is 0 Å². The molecule has 0 aliphatic rings. The SMILES string of the molecule is CC(C)n1nnnc1-c1cccc(C(=O)NCc2ccccc2)c1. The van der Waals surface area contributed by atoms with Crippen molar-refractivity contribution < 1.29 is 4.79 Å². The fraction of sp³-hybridized carbons (Fsp3) is 0.222. The van der Waals surface area contributed by atoms with Crippen LogP contribution in [-0.2, 0) is 6.54 Å². The van der Waals surface area contributed by atoms with Gasteiger partial charge in [-0.05, 0) is 42.0 Å². The summed E-state index contributed by atoms with van der Waals surface area (Å²) in [5.74, 6) is 0.534. The van der Waals surface area contributed by atoms with E-state index in [2.05, 4.69) is 20.8 Å². The molecule has 0 spiro atoms. The molecule has 0 bridgehead atoms. The molecule has 0 saturated carbocycles. The molecule has 0 atom stereocenters. The van der Waals surface area contributed by atoms with Crippen LogP contribution in [0.25, 0.3) is 11.4 Å². The average Bonchev–Trinajstić information content (AvgIpc) is 3.11. The summed E-state index contributed by atoms with van der Waals surface area (Å²) in [6.07, 6.45) is 0. The Morgan fingerprint density at radius 2 is 1.92 bits per heavy atom. The minimum absolute atomic E-state index is 0.121. The zero-order chi connectivity index (χ0) is 16.9. The first-order valence-electron chi connectivity index (χ1n) is 7.85. The molecule has 1 N–H and O–H groups in total. The van der Waals surface area contributed by atoms with Crippen LogP contribution < -0.4 is 5.32 Å². The first-order chi connectivity index (χ1) is 11.6. The second-order valence-electron chi connectivity index (χ2n) is 5.79. The van der Waals surface area contributed by atoms with Crippen molar-refractivity contribution >= 4 is 5.91 Å². The zero-order valence-electron chi connectivity index (χ0n) is 13.7. The lowest BCUT2D eigenvalue weighted by molar-refractivity contribution is 0.0951. The highest BCUT2D eigenvalue weighted by Crippen LogP contribution is 2.20. The molecule has 6 nitrogen and oxygen atoms in total. The third-order valence-electron chi connectivity index (χ3n) is 3.66. The van der Waals surface area contributed by atoms with E-state index in [9.17, 15) is 4.79 Å². The summed E-state index contributed by atoms with van der Waals surface area (Å²) in [6, 6.07) is 17.3. The Hall–Kier alpha value is -3.02. The van der Waals surface area contributed by atoms with Crippen molar-refractivity contribution in [2.24, 2.45) is 0 Å². The zero-order valence-corrected chi connectivity index (χ0v) is 13.7. The summed E-state index contributed by atoms with van der Waals surface area (Å²) in [6.45, 7) is 4.51. The standard InChI is InChI=1S/C18H19N5O/c1-13(2)23-17(20-21-22-23)15-9-6-10-16(11-15)18(24)19-12-14-7-4-3-5-8-14/h3-11,13H,12H2,1-2H3,(H,19,24). The van der Waals surface area contributed by atoms with E-state index in [1.807, 2.05) is 62.4 Å². The molecule has 0 aliphatic carbocycles. The van der Waals surface area contributed by atoms with Crippen LogP contribution in [-0.4, -0.2) is 26.1 Å². The number of carbonyl (C=O) groups is 1. The number of benzene rings is 2. The van der Waals surface area contributed by atoms with E-state index >= 15 is 0 Å². The number of tetrazole rings is 1. The van der Waals surface area contributed by atoms with Crippen LogP contribution in [0.15, 0.2) is 54.6 Å². The van der Waals surface area contributed by atoms with Crippen molar-refractivity contribution in [1.29, 1.82) is 0 Å². The van der Waals surface area contributed by atoms with E-state index in [0.29, 0.717) is 17.9 Å². The van der Waals surface area contributed by atoms with Crippen LogP contribution >= 0.6 is 0 Å². The summed E-state index contributed by atoms with van der Waals surface area (Å²) in [5, 5.41) is 14.7. The van der Waals surface area contributed by atoms with E-state index in [1.165, 1.54) is 0 Å². The molecule has 0 unspecified atom stereocenters. The molecule has 3 aromatic rings. The summed E-state index contributed by atoms with van der Waals surface area (Å²) >= 11 is 0. The highest BCUT2D eigenvalue weighted by atomic mass is 16.1. The first-order valence-corrected chi connectivity index (χ1v) is 7.85. The minimum atomic E-state index is -0.121. The second-order valence-corrected chi connectivity index (χ2v) is 5.79. The molecule has 6 heteroatoms. The Bertz CT molecular complexity index is 826. The quantitative estimate of drug-likeness (QED) is 0.784. The van der Waals surface area contributed by atoms with Crippen molar-refractivity contribution in [3.05, 3.63) is 65.7 Å². The van der Waals surface area contributed by atoms with E-state index < -0.39 is 0 Å². The van der Waals surface area contributed by atoms with Crippen LogP contribution in [0.4, 0.5) is 0 Å². The van der Waals surface area contributed by atoms with Gasteiger partial charge in [-0.25, -0.2) is 4.68 Å². The van der Waals surface area contributed by atoms with E-state index in [0.717, 1.165) is 11.1 Å². The molecule has 1 amide bonds. The highest BCUT2D eigenvalue weighted by Gasteiger charge is 2.13. The molecular formula is C18H19N5O. The lowest BCUT2D eigenvalue weighted by Gasteiger charge is -2.09. The molecule has 1 aromatic heterocycles. The number of rotatable bonds is 5. The fourth-order valence-corrected chi connectivity index (χ4v) is 2.41. The number of carbonyl (C=O) groups excluding carboxylic acids is 1. The van der Waals surface area contributed by atoms with Crippen LogP contribution in [0.1, 0.15) is 35.8 Å². The minimum Gasteiger partial charge on any atom is -0.348 e. The molecule has 0 radical (unpaired) electrons. The Balaban J connectivity index is 1.77. The second kappa shape index (κ2) is 7.04.